The summed E-state index contributed by atoms with van der Waals surface area (Å²) in [5.74, 6) is 0.638. The van der Waals surface area contributed by atoms with Gasteiger partial charge in [0.05, 0.1) is 6.61 Å². The maximum Gasteiger partial charge on any atom is 0.256 e. The number of carbonyl (C=O) groups excluding carboxylic acids is 1. The molecule has 0 saturated heterocycles. The van der Waals surface area contributed by atoms with Crippen molar-refractivity contribution in [1.29, 1.82) is 0 Å². The number of anilines is 1. The Bertz CT molecular complexity index is 461. The molecular weight excluding hydrogens is 294 g/mol. The number of amides is 1. The molecule has 0 spiro atoms. The third-order valence-corrected chi connectivity index (χ3v) is 3.62. The summed E-state index contributed by atoms with van der Waals surface area (Å²) in [7, 11) is 1.63. The van der Waals surface area contributed by atoms with Crippen LogP contribution in [0.25, 0.3) is 0 Å². The third-order valence-electron chi connectivity index (χ3n) is 3.62. The molecule has 5 heteroatoms. The number of benzene rings is 1. The Morgan fingerprint density at radius 3 is 2.43 bits per heavy atom. The van der Waals surface area contributed by atoms with Crippen LogP contribution in [-0.2, 0) is 14.3 Å². The van der Waals surface area contributed by atoms with Gasteiger partial charge in [0.15, 0.2) is 0 Å². The molecule has 1 atom stereocenters. The predicted octanol–water partition coefficient (Wildman–Crippen LogP) is 3.64. The van der Waals surface area contributed by atoms with Crippen LogP contribution >= 0.6 is 0 Å². The van der Waals surface area contributed by atoms with Gasteiger partial charge in [0.1, 0.15) is 18.0 Å². The first-order chi connectivity index (χ1) is 11.1. The topological polar surface area (TPSA) is 56.8 Å². The standard InChI is InChI=1S/C18H29NO4/c1-5-7-12-18(3,23-6-2)17(20)19-15-8-10-16(11-9-15)22-14-13-21-4/h8-11H,5-7,12-14H2,1-4H3,(H,19,20)/t18-/m1/s1. The fraction of sp³-hybridized carbons (Fsp3) is 0.611. The Kier molecular flexibility index (Phi) is 8.66. The minimum Gasteiger partial charge on any atom is -0.491 e. The van der Waals surface area contributed by atoms with Gasteiger partial charge in [-0.1, -0.05) is 19.8 Å². The van der Waals surface area contributed by atoms with E-state index in [1.165, 1.54) is 0 Å². The van der Waals surface area contributed by atoms with Crippen molar-refractivity contribution in [3.63, 3.8) is 0 Å². The van der Waals surface area contributed by atoms with Gasteiger partial charge in [0, 0.05) is 19.4 Å². The zero-order valence-corrected chi connectivity index (χ0v) is 14.7. The number of rotatable bonds is 11. The normalized spacial score (nSPS) is 13.4. The molecule has 5 nitrogen and oxygen atoms in total. The van der Waals surface area contributed by atoms with Crippen molar-refractivity contribution in [3.8, 4) is 5.75 Å². The van der Waals surface area contributed by atoms with Crippen LogP contribution in [0.1, 0.15) is 40.0 Å². The highest BCUT2D eigenvalue weighted by Crippen LogP contribution is 2.22. The van der Waals surface area contributed by atoms with Crippen LogP contribution in [0.15, 0.2) is 24.3 Å². The lowest BCUT2D eigenvalue weighted by atomic mass is 9.97. The molecule has 0 aliphatic heterocycles. The monoisotopic (exact) mass is 323 g/mol. The van der Waals surface area contributed by atoms with E-state index in [4.69, 9.17) is 14.2 Å². The van der Waals surface area contributed by atoms with Crippen LogP contribution in [0.2, 0.25) is 0 Å². The summed E-state index contributed by atoms with van der Waals surface area (Å²) in [6.45, 7) is 7.42. The number of unbranched alkanes of at least 4 members (excludes halogenated alkanes) is 1. The van der Waals surface area contributed by atoms with E-state index in [0.29, 0.717) is 26.2 Å². The second kappa shape index (κ2) is 10.2. The molecule has 0 saturated carbocycles. The van der Waals surface area contributed by atoms with Crippen molar-refractivity contribution < 1.29 is 19.0 Å². The van der Waals surface area contributed by atoms with Crippen molar-refractivity contribution in [2.75, 3.05) is 32.2 Å². The molecule has 0 radical (unpaired) electrons. The van der Waals surface area contributed by atoms with E-state index in [2.05, 4.69) is 12.2 Å². The van der Waals surface area contributed by atoms with Gasteiger partial charge in [-0.15, -0.1) is 0 Å². The molecule has 0 aromatic heterocycles. The molecule has 0 bridgehead atoms. The molecule has 0 fully saturated rings. The summed E-state index contributed by atoms with van der Waals surface area (Å²) in [4.78, 5) is 12.5. The fourth-order valence-corrected chi connectivity index (χ4v) is 2.22. The van der Waals surface area contributed by atoms with Gasteiger partial charge in [-0.3, -0.25) is 4.79 Å². The van der Waals surface area contributed by atoms with Gasteiger partial charge in [0.2, 0.25) is 0 Å². The van der Waals surface area contributed by atoms with E-state index in [-0.39, 0.29) is 5.91 Å². The summed E-state index contributed by atoms with van der Waals surface area (Å²) < 4.78 is 16.1. The third kappa shape index (κ3) is 6.59. The zero-order valence-electron chi connectivity index (χ0n) is 14.7. The van der Waals surface area contributed by atoms with Crippen molar-refractivity contribution >= 4 is 11.6 Å². The number of hydrogen-bond acceptors (Lipinski definition) is 4. The first kappa shape index (κ1) is 19.5. The molecule has 23 heavy (non-hydrogen) atoms. The second-order valence-corrected chi connectivity index (χ2v) is 5.59. The lowest BCUT2D eigenvalue weighted by Gasteiger charge is -2.28. The van der Waals surface area contributed by atoms with Crippen molar-refractivity contribution in [2.45, 2.75) is 45.6 Å². The largest absolute Gasteiger partial charge is 0.491 e. The first-order valence-corrected chi connectivity index (χ1v) is 8.23. The minimum absolute atomic E-state index is 0.110. The maximum atomic E-state index is 12.5. The number of hydrogen-bond donors (Lipinski definition) is 1. The van der Waals surface area contributed by atoms with E-state index in [9.17, 15) is 4.79 Å². The average molecular weight is 323 g/mol. The zero-order chi connectivity index (χ0) is 17.1. The van der Waals surface area contributed by atoms with Crippen LogP contribution in [0.3, 0.4) is 0 Å². The predicted molar refractivity (Wildman–Crippen MR) is 92.0 cm³/mol. The van der Waals surface area contributed by atoms with Gasteiger partial charge >= 0.3 is 0 Å². The van der Waals surface area contributed by atoms with Crippen LogP contribution in [0.4, 0.5) is 5.69 Å². The highest BCUT2D eigenvalue weighted by atomic mass is 16.5. The molecule has 130 valence electrons. The molecule has 0 aliphatic rings. The van der Waals surface area contributed by atoms with Gasteiger partial charge in [-0.2, -0.15) is 0 Å². The smallest absolute Gasteiger partial charge is 0.256 e. The van der Waals surface area contributed by atoms with Gasteiger partial charge in [-0.25, -0.2) is 0 Å². The van der Waals surface area contributed by atoms with Crippen molar-refractivity contribution in [2.24, 2.45) is 0 Å². The molecule has 1 rings (SSSR count). The van der Waals surface area contributed by atoms with E-state index < -0.39 is 5.60 Å². The molecule has 0 aliphatic carbocycles. The Balaban J connectivity index is 2.63. The summed E-state index contributed by atoms with van der Waals surface area (Å²) >= 11 is 0. The lowest BCUT2D eigenvalue weighted by molar-refractivity contribution is -0.139. The van der Waals surface area contributed by atoms with Crippen LogP contribution in [-0.4, -0.2) is 38.4 Å². The van der Waals surface area contributed by atoms with Crippen molar-refractivity contribution in [1.82, 2.24) is 0 Å². The molecule has 1 aromatic rings. The molecule has 1 aromatic carbocycles. The van der Waals surface area contributed by atoms with Crippen LogP contribution in [0.5, 0.6) is 5.75 Å². The quantitative estimate of drug-likeness (QED) is 0.632. The minimum atomic E-state index is -0.793. The Labute approximate surface area is 139 Å². The molecule has 1 amide bonds. The molecule has 0 heterocycles. The van der Waals surface area contributed by atoms with Crippen molar-refractivity contribution in [3.05, 3.63) is 24.3 Å². The van der Waals surface area contributed by atoms with Crippen LogP contribution in [0, 0.1) is 0 Å². The van der Waals surface area contributed by atoms with E-state index >= 15 is 0 Å². The first-order valence-electron chi connectivity index (χ1n) is 8.23. The van der Waals surface area contributed by atoms with Gasteiger partial charge < -0.3 is 19.5 Å². The Hall–Kier alpha value is -1.59. The van der Waals surface area contributed by atoms with Gasteiger partial charge in [-0.05, 0) is 44.5 Å². The highest BCUT2D eigenvalue weighted by molar-refractivity contribution is 5.97. The van der Waals surface area contributed by atoms with E-state index in [0.717, 1.165) is 24.3 Å². The SMILES string of the molecule is CCCC[C@@](C)(OCC)C(=O)Nc1ccc(OCCOC)cc1. The molecule has 0 unspecified atom stereocenters. The Morgan fingerprint density at radius 2 is 1.87 bits per heavy atom. The number of ether oxygens (including phenoxy) is 3. The lowest BCUT2D eigenvalue weighted by Crippen LogP contribution is -2.42. The van der Waals surface area contributed by atoms with Crippen LogP contribution < -0.4 is 10.1 Å². The summed E-state index contributed by atoms with van der Waals surface area (Å²) in [5.41, 5.74) is -0.0604. The number of nitrogens with one attached hydrogen (secondary N) is 1. The summed E-state index contributed by atoms with van der Waals surface area (Å²) in [5, 5.41) is 2.93. The van der Waals surface area contributed by atoms with Gasteiger partial charge in [0.25, 0.3) is 5.91 Å². The Morgan fingerprint density at radius 1 is 1.17 bits per heavy atom. The second-order valence-electron chi connectivity index (χ2n) is 5.59. The van der Waals surface area contributed by atoms with E-state index in [1.54, 1.807) is 7.11 Å². The van der Waals surface area contributed by atoms with E-state index in [1.807, 2.05) is 38.1 Å². The highest BCUT2D eigenvalue weighted by Gasteiger charge is 2.33. The molecule has 1 N–H and O–H groups in total. The summed E-state index contributed by atoms with van der Waals surface area (Å²) in [6.07, 6.45) is 2.70. The summed E-state index contributed by atoms with van der Waals surface area (Å²) in [6, 6.07) is 7.31. The maximum absolute atomic E-state index is 12.5. The fourth-order valence-electron chi connectivity index (χ4n) is 2.22. The average Bonchev–Trinajstić information content (AvgIpc) is 2.55. The number of carbonyl (C=O) groups is 1. The number of methoxy groups -OCH3 is 1. The molecular formula is C18H29NO4.